The van der Waals surface area contributed by atoms with Gasteiger partial charge >= 0.3 is 0 Å². The van der Waals surface area contributed by atoms with Gasteiger partial charge in [0.05, 0.1) is 5.57 Å². The lowest BCUT2D eigenvalue weighted by Crippen LogP contribution is -2.33. The van der Waals surface area contributed by atoms with Gasteiger partial charge in [-0.05, 0) is 44.6 Å². The maximum absolute atomic E-state index is 9.34. The van der Waals surface area contributed by atoms with Crippen LogP contribution in [0.25, 0.3) is 0 Å². The molecule has 0 N–H and O–H groups in total. The Morgan fingerprint density at radius 3 is 2.67 bits per heavy atom. The van der Waals surface area contributed by atoms with E-state index in [2.05, 4.69) is 37.0 Å². The van der Waals surface area contributed by atoms with Gasteiger partial charge in [-0.2, -0.15) is 5.26 Å². The molecule has 96 valence electrons. The second kappa shape index (κ2) is 5.91. The molecular weight excluding hydrogens is 220 g/mol. The number of likely N-dealkylation sites (tertiary alicyclic amines) is 1. The van der Waals surface area contributed by atoms with Gasteiger partial charge in [0.25, 0.3) is 0 Å². The van der Waals surface area contributed by atoms with Crippen molar-refractivity contribution in [3.8, 4) is 6.07 Å². The predicted octanol–water partition coefficient (Wildman–Crippen LogP) is 3.79. The molecule has 2 heteroatoms. The first-order valence-corrected chi connectivity index (χ1v) is 6.93. The standard InChI is InChI=1S/C16H22N2/c1-13-4-3-5-16(15(12-17)7-6-13)18-10-8-14(2)9-11-18/h4,6-7,14H,3,5,8-11H2,1-2H3/b7-6-,13-4-,16-15+. The van der Waals surface area contributed by atoms with E-state index >= 15 is 0 Å². The average molecular weight is 242 g/mol. The van der Waals surface area contributed by atoms with Gasteiger partial charge in [0.15, 0.2) is 0 Å². The number of nitrogens with zero attached hydrogens (tertiary/aromatic N) is 2. The lowest BCUT2D eigenvalue weighted by Gasteiger charge is -2.34. The Labute approximate surface area is 110 Å². The summed E-state index contributed by atoms with van der Waals surface area (Å²) in [6, 6.07) is 2.37. The molecule has 1 fully saturated rings. The average Bonchev–Trinajstić information content (AvgIpc) is 2.36. The minimum absolute atomic E-state index is 0.832. The Morgan fingerprint density at radius 2 is 2.00 bits per heavy atom. The van der Waals surface area contributed by atoms with E-state index < -0.39 is 0 Å². The summed E-state index contributed by atoms with van der Waals surface area (Å²) in [6.07, 6.45) is 10.9. The lowest BCUT2D eigenvalue weighted by atomic mass is 9.96. The van der Waals surface area contributed by atoms with E-state index in [0.29, 0.717) is 0 Å². The first-order valence-electron chi connectivity index (χ1n) is 6.93. The molecule has 0 aromatic carbocycles. The van der Waals surface area contributed by atoms with Gasteiger partial charge in [-0.3, -0.25) is 0 Å². The van der Waals surface area contributed by atoms with Crippen LogP contribution in [0, 0.1) is 17.2 Å². The van der Waals surface area contributed by atoms with Crippen LogP contribution in [0.4, 0.5) is 0 Å². The van der Waals surface area contributed by atoms with Crippen molar-refractivity contribution in [2.24, 2.45) is 5.92 Å². The van der Waals surface area contributed by atoms with Crippen molar-refractivity contribution in [3.63, 3.8) is 0 Å². The highest BCUT2D eigenvalue weighted by molar-refractivity contribution is 5.41. The molecule has 0 aromatic rings. The smallest absolute Gasteiger partial charge is 0.101 e. The van der Waals surface area contributed by atoms with E-state index in [9.17, 15) is 5.26 Å². The van der Waals surface area contributed by atoms with Crippen molar-refractivity contribution in [3.05, 3.63) is 35.1 Å². The second-order valence-electron chi connectivity index (χ2n) is 5.46. The molecule has 2 rings (SSSR count). The second-order valence-corrected chi connectivity index (χ2v) is 5.46. The van der Waals surface area contributed by atoms with Crippen LogP contribution in [0.2, 0.25) is 0 Å². The van der Waals surface area contributed by atoms with Gasteiger partial charge in [-0.25, -0.2) is 0 Å². The fourth-order valence-electron chi connectivity index (χ4n) is 2.66. The summed E-state index contributed by atoms with van der Waals surface area (Å²) in [5.74, 6) is 0.832. The van der Waals surface area contributed by atoms with Crippen LogP contribution in [-0.4, -0.2) is 18.0 Å². The molecule has 0 unspecified atom stereocenters. The highest BCUT2D eigenvalue weighted by Gasteiger charge is 2.20. The zero-order chi connectivity index (χ0) is 13.0. The number of rotatable bonds is 1. The van der Waals surface area contributed by atoms with E-state index in [1.165, 1.54) is 24.1 Å². The third kappa shape index (κ3) is 3.04. The number of allylic oxidation sites excluding steroid dienone is 6. The number of hydrogen-bond acceptors (Lipinski definition) is 2. The number of hydrogen-bond donors (Lipinski definition) is 0. The summed E-state index contributed by atoms with van der Waals surface area (Å²) < 4.78 is 0. The van der Waals surface area contributed by atoms with E-state index in [0.717, 1.165) is 37.4 Å². The third-order valence-corrected chi connectivity index (χ3v) is 3.96. The quantitative estimate of drug-likeness (QED) is 0.699. The first-order chi connectivity index (χ1) is 8.70. The Bertz CT molecular complexity index is 427. The fourth-order valence-corrected chi connectivity index (χ4v) is 2.66. The highest BCUT2D eigenvalue weighted by atomic mass is 15.1. The van der Waals surface area contributed by atoms with Crippen molar-refractivity contribution in [1.29, 1.82) is 5.26 Å². The van der Waals surface area contributed by atoms with E-state index in [1.807, 2.05) is 6.08 Å². The zero-order valence-corrected chi connectivity index (χ0v) is 11.4. The summed E-state index contributed by atoms with van der Waals surface area (Å²) in [6.45, 7) is 6.64. The van der Waals surface area contributed by atoms with Gasteiger partial charge in [-0.15, -0.1) is 0 Å². The van der Waals surface area contributed by atoms with Crippen molar-refractivity contribution < 1.29 is 0 Å². The molecule has 1 aliphatic heterocycles. The van der Waals surface area contributed by atoms with Gasteiger partial charge in [0, 0.05) is 18.8 Å². The Balaban J connectivity index is 2.21. The molecule has 2 nitrogen and oxygen atoms in total. The number of piperidine rings is 1. The molecule has 1 heterocycles. The van der Waals surface area contributed by atoms with Crippen LogP contribution in [0.5, 0.6) is 0 Å². The van der Waals surface area contributed by atoms with Crippen LogP contribution in [0.1, 0.15) is 39.5 Å². The van der Waals surface area contributed by atoms with Crippen molar-refractivity contribution >= 4 is 0 Å². The van der Waals surface area contributed by atoms with Crippen LogP contribution in [0.15, 0.2) is 35.1 Å². The predicted molar refractivity (Wildman–Crippen MR) is 74.7 cm³/mol. The molecule has 0 saturated carbocycles. The largest absolute Gasteiger partial charge is 0.374 e. The van der Waals surface area contributed by atoms with Crippen LogP contribution in [-0.2, 0) is 0 Å². The molecule has 2 aliphatic rings. The molecule has 1 saturated heterocycles. The van der Waals surface area contributed by atoms with Gasteiger partial charge in [0.1, 0.15) is 6.07 Å². The van der Waals surface area contributed by atoms with Gasteiger partial charge < -0.3 is 4.90 Å². The summed E-state index contributed by atoms with van der Waals surface area (Å²) in [5, 5.41) is 9.34. The molecular formula is C16H22N2. The van der Waals surface area contributed by atoms with Crippen molar-refractivity contribution in [1.82, 2.24) is 4.90 Å². The van der Waals surface area contributed by atoms with E-state index in [1.54, 1.807) is 0 Å². The first kappa shape index (κ1) is 13.0. The minimum Gasteiger partial charge on any atom is -0.374 e. The van der Waals surface area contributed by atoms with Crippen LogP contribution >= 0.6 is 0 Å². The SMILES string of the molecule is CC1=C/CC/C(N2CCC(C)CC2)=C(C#N)/C=C\1. The van der Waals surface area contributed by atoms with Crippen LogP contribution < -0.4 is 0 Å². The summed E-state index contributed by atoms with van der Waals surface area (Å²) in [4.78, 5) is 2.43. The molecule has 0 spiro atoms. The molecule has 0 aromatic heterocycles. The van der Waals surface area contributed by atoms with E-state index in [-0.39, 0.29) is 0 Å². The molecule has 0 radical (unpaired) electrons. The van der Waals surface area contributed by atoms with Gasteiger partial charge in [-0.1, -0.05) is 24.6 Å². The minimum atomic E-state index is 0.832. The van der Waals surface area contributed by atoms with E-state index in [4.69, 9.17) is 0 Å². The molecule has 0 bridgehead atoms. The molecule has 18 heavy (non-hydrogen) atoms. The summed E-state index contributed by atoms with van der Waals surface area (Å²) >= 11 is 0. The lowest BCUT2D eigenvalue weighted by molar-refractivity contribution is 0.230. The molecule has 0 atom stereocenters. The third-order valence-electron chi connectivity index (χ3n) is 3.96. The number of nitriles is 1. The zero-order valence-electron chi connectivity index (χ0n) is 11.4. The normalized spacial score (nSPS) is 30.9. The summed E-state index contributed by atoms with van der Waals surface area (Å²) in [5.41, 5.74) is 3.37. The summed E-state index contributed by atoms with van der Waals surface area (Å²) in [7, 11) is 0. The molecule has 0 amide bonds. The van der Waals surface area contributed by atoms with Crippen LogP contribution in [0.3, 0.4) is 0 Å². The Hall–Kier alpha value is -1.49. The van der Waals surface area contributed by atoms with Gasteiger partial charge in [0.2, 0.25) is 0 Å². The van der Waals surface area contributed by atoms with Crippen molar-refractivity contribution in [2.75, 3.05) is 13.1 Å². The fraction of sp³-hybridized carbons (Fsp3) is 0.562. The maximum Gasteiger partial charge on any atom is 0.101 e. The maximum atomic E-state index is 9.34. The Kier molecular flexibility index (Phi) is 4.25. The topological polar surface area (TPSA) is 27.0 Å². The molecule has 1 aliphatic carbocycles. The van der Waals surface area contributed by atoms with Crippen molar-refractivity contribution in [2.45, 2.75) is 39.5 Å². The highest BCUT2D eigenvalue weighted by Crippen LogP contribution is 2.26. The Morgan fingerprint density at radius 1 is 1.28 bits per heavy atom. The monoisotopic (exact) mass is 242 g/mol.